The van der Waals surface area contributed by atoms with Crippen molar-refractivity contribution in [1.29, 1.82) is 5.26 Å². The second kappa shape index (κ2) is 2.40. The van der Waals surface area contributed by atoms with Crippen LogP contribution in [0, 0.1) is 18.3 Å². The highest BCUT2D eigenvalue weighted by molar-refractivity contribution is 5.40. The lowest BCUT2D eigenvalue weighted by molar-refractivity contribution is 0.471. The topological polar surface area (TPSA) is 44.0 Å². The molecule has 0 atom stereocenters. The molecule has 10 heavy (non-hydrogen) atoms. The van der Waals surface area contributed by atoms with Gasteiger partial charge in [-0.2, -0.15) is 5.26 Å². The molecule has 0 aliphatic carbocycles. The van der Waals surface area contributed by atoms with Crippen molar-refractivity contribution in [3.8, 4) is 11.8 Å². The summed E-state index contributed by atoms with van der Waals surface area (Å²) in [6.07, 6.45) is 0. The van der Waals surface area contributed by atoms with E-state index >= 15 is 0 Å². The maximum atomic E-state index is 9.03. The number of phenols is 1. The minimum atomic E-state index is 0.235. The van der Waals surface area contributed by atoms with Gasteiger partial charge in [-0.3, -0.25) is 0 Å². The van der Waals surface area contributed by atoms with Crippen LogP contribution in [0.5, 0.6) is 5.75 Å². The zero-order valence-corrected chi connectivity index (χ0v) is 5.63. The third-order valence-electron chi connectivity index (χ3n) is 1.33. The summed E-state index contributed by atoms with van der Waals surface area (Å²) in [6, 6.07) is 6.74. The van der Waals surface area contributed by atoms with Crippen molar-refractivity contribution in [3.05, 3.63) is 29.3 Å². The largest absolute Gasteiger partial charge is 0.508 e. The first-order chi connectivity index (χ1) is 4.74. The Morgan fingerprint density at radius 3 is 2.70 bits per heavy atom. The number of hydrogen-bond donors (Lipinski definition) is 1. The Morgan fingerprint density at radius 2 is 2.20 bits per heavy atom. The fourth-order valence-electron chi connectivity index (χ4n) is 0.725. The minimum absolute atomic E-state index is 0.235. The van der Waals surface area contributed by atoms with Gasteiger partial charge in [0, 0.05) is 0 Å². The maximum Gasteiger partial charge on any atom is 0.118 e. The Morgan fingerprint density at radius 1 is 1.50 bits per heavy atom. The number of aromatic hydroxyl groups is 1. The van der Waals surface area contributed by atoms with Crippen LogP contribution in [0.2, 0.25) is 0 Å². The van der Waals surface area contributed by atoms with Gasteiger partial charge in [0.25, 0.3) is 0 Å². The second-order valence-electron chi connectivity index (χ2n) is 2.11. The van der Waals surface area contributed by atoms with E-state index < -0.39 is 0 Å². The molecule has 1 aromatic rings. The molecule has 0 unspecified atom stereocenters. The van der Waals surface area contributed by atoms with E-state index in [9.17, 15) is 0 Å². The molecule has 0 aromatic heterocycles. The van der Waals surface area contributed by atoms with Crippen molar-refractivity contribution >= 4 is 0 Å². The Kier molecular flexibility index (Phi) is 1.59. The molecule has 1 rings (SSSR count). The summed E-state index contributed by atoms with van der Waals surface area (Å²) in [7, 11) is 0. The van der Waals surface area contributed by atoms with Gasteiger partial charge < -0.3 is 5.11 Å². The third kappa shape index (κ3) is 1.08. The lowest BCUT2D eigenvalue weighted by Crippen LogP contribution is -1.76. The molecule has 0 saturated carbocycles. The van der Waals surface area contributed by atoms with Crippen LogP contribution < -0.4 is 0 Å². The van der Waals surface area contributed by atoms with Gasteiger partial charge in [-0.05, 0) is 30.7 Å². The summed E-state index contributed by atoms with van der Waals surface area (Å²) in [4.78, 5) is 0. The number of nitriles is 1. The van der Waals surface area contributed by atoms with Crippen LogP contribution in [0.3, 0.4) is 0 Å². The van der Waals surface area contributed by atoms with E-state index in [1.54, 1.807) is 19.1 Å². The molecule has 0 spiro atoms. The second-order valence-corrected chi connectivity index (χ2v) is 2.11. The standard InChI is InChI=1S/C8H7NO/c1-6-4-7(5-9)2-3-8(6)10/h2-4,10H,1H3. The van der Waals surface area contributed by atoms with Crippen molar-refractivity contribution in [2.24, 2.45) is 0 Å². The first-order valence-corrected chi connectivity index (χ1v) is 2.94. The van der Waals surface area contributed by atoms with Crippen molar-refractivity contribution < 1.29 is 5.11 Å². The monoisotopic (exact) mass is 133 g/mol. The first kappa shape index (κ1) is 6.63. The van der Waals surface area contributed by atoms with E-state index in [0.717, 1.165) is 5.56 Å². The molecular formula is C8H7NO. The number of hydrogen-bond acceptors (Lipinski definition) is 2. The zero-order chi connectivity index (χ0) is 7.56. The normalized spacial score (nSPS) is 8.80. The molecule has 0 heterocycles. The minimum Gasteiger partial charge on any atom is -0.508 e. The molecule has 0 bridgehead atoms. The fraction of sp³-hybridized carbons (Fsp3) is 0.125. The molecule has 0 aliphatic heterocycles. The average Bonchev–Trinajstić information content (AvgIpc) is 1.95. The van der Waals surface area contributed by atoms with Crippen LogP contribution in [-0.2, 0) is 0 Å². The van der Waals surface area contributed by atoms with Crippen molar-refractivity contribution in [3.63, 3.8) is 0 Å². The van der Waals surface area contributed by atoms with Gasteiger partial charge >= 0.3 is 0 Å². The highest BCUT2D eigenvalue weighted by Crippen LogP contribution is 2.15. The number of benzene rings is 1. The highest BCUT2D eigenvalue weighted by atomic mass is 16.3. The van der Waals surface area contributed by atoms with Gasteiger partial charge in [-0.25, -0.2) is 0 Å². The van der Waals surface area contributed by atoms with Gasteiger partial charge in [0.2, 0.25) is 0 Å². The predicted octanol–water partition coefficient (Wildman–Crippen LogP) is 1.57. The molecular weight excluding hydrogens is 126 g/mol. The number of rotatable bonds is 0. The Labute approximate surface area is 59.3 Å². The van der Waals surface area contributed by atoms with Crippen molar-refractivity contribution in [2.45, 2.75) is 6.92 Å². The lowest BCUT2D eigenvalue weighted by atomic mass is 10.1. The summed E-state index contributed by atoms with van der Waals surface area (Å²) in [5.41, 5.74) is 1.31. The molecule has 0 saturated heterocycles. The third-order valence-corrected chi connectivity index (χ3v) is 1.33. The summed E-state index contributed by atoms with van der Waals surface area (Å²) in [5, 5.41) is 17.5. The summed E-state index contributed by atoms with van der Waals surface area (Å²) < 4.78 is 0. The maximum absolute atomic E-state index is 9.03. The van der Waals surface area contributed by atoms with E-state index in [-0.39, 0.29) is 5.75 Å². The van der Waals surface area contributed by atoms with E-state index in [1.165, 1.54) is 6.07 Å². The fourth-order valence-corrected chi connectivity index (χ4v) is 0.725. The molecule has 0 aliphatic rings. The van der Waals surface area contributed by atoms with Gasteiger partial charge in [0.05, 0.1) is 11.6 Å². The Bertz CT molecular complexity index is 286. The summed E-state index contributed by atoms with van der Waals surface area (Å²) in [5.74, 6) is 0.235. The summed E-state index contributed by atoms with van der Waals surface area (Å²) >= 11 is 0. The van der Waals surface area contributed by atoms with Crippen molar-refractivity contribution in [1.82, 2.24) is 0 Å². The van der Waals surface area contributed by atoms with Crippen molar-refractivity contribution in [2.75, 3.05) is 0 Å². The lowest BCUT2D eigenvalue weighted by Gasteiger charge is -1.95. The smallest absolute Gasteiger partial charge is 0.118 e. The van der Waals surface area contributed by atoms with Gasteiger partial charge in [-0.1, -0.05) is 0 Å². The molecule has 0 radical (unpaired) electrons. The Hall–Kier alpha value is -1.49. The van der Waals surface area contributed by atoms with E-state index in [0.29, 0.717) is 5.56 Å². The SMILES string of the molecule is Cc1cc(C#N)ccc1O. The van der Waals surface area contributed by atoms with Crippen LogP contribution in [0.15, 0.2) is 18.2 Å². The first-order valence-electron chi connectivity index (χ1n) is 2.94. The van der Waals surface area contributed by atoms with Gasteiger partial charge in [-0.15, -0.1) is 0 Å². The number of nitrogens with zero attached hydrogens (tertiary/aromatic N) is 1. The number of aryl methyl sites for hydroxylation is 1. The van der Waals surface area contributed by atoms with E-state index in [2.05, 4.69) is 0 Å². The van der Waals surface area contributed by atoms with Gasteiger partial charge in [0.15, 0.2) is 0 Å². The molecule has 1 N–H and O–H groups in total. The van der Waals surface area contributed by atoms with Crippen LogP contribution in [0.4, 0.5) is 0 Å². The van der Waals surface area contributed by atoms with E-state index in [1.807, 2.05) is 6.07 Å². The predicted molar refractivity (Wildman–Crippen MR) is 37.6 cm³/mol. The Balaban J connectivity index is 3.20. The number of phenolic OH excluding ortho intramolecular Hbond substituents is 1. The molecule has 2 nitrogen and oxygen atoms in total. The molecule has 2 heteroatoms. The highest BCUT2D eigenvalue weighted by Gasteiger charge is 1.94. The van der Waals surface area contributed by atoms with E-state index in [4.69, 9.17) is 10.4 Å². The molecule has 0 fully saturated rings. The molecule has 1 aromatic carbocycles. The average molecular weight is 133 g/mol. The summed E-state index contributed by atoms with van der Waals surface area (Å²) in [6.45, 7) is 1.76. The van der Waals surface area contributed by atoms with Crippen LogP contribution in [-0.4, -0.2) is 5.11 Å². The van der Waals surface area contributed by atoms with Gasteiger partial charge in [0.1, 0.15) is 5.75 Å². The molecule has 50 valence electrons. The van der Waals surface area contributed by atoms with Crippen LogP contribution in [0.1, 0.15) is 11.1 Å². The quantitative estimate of drug-likeness (QED) is 0.583. The molecule has 0 amide bonds. The van der Waals surface area contributed by atoms with Crippen LogP contribution >= 0.6 is 0 Å². The zero-order valence-electron chi connectivity index (χ0n) is 5.63. The van der Waals surface area contributed by atoms with Crippen LogP contribution in [0.25, 0.3) is 0 Å².